The molecule has 1 atom stereocenters. The Morgan fingerprint density at radius 2 is 2.33 bits per heavy atom. The fourth-order valence-corrected chi connectivity index (χ4v) is 1.18. The zero-order chi connectivity index (χ0) is 11.4. The number of likely N-dealkylation sites (N-methyl/N-ethyl adjacent to an activating group) is 1. The maximum Gasteiger partial charge on any atom is 0.339 e. The summed E-state index contributed by atoms with van der Waals surface area (Å²) >= 11 is 0. The van der Waals surface area contributed by atoms with Gasteiger partial charge < -0.3 is 14.6 Å². The van der Waals surface area contributed by atoms with Crippen LogP contribution >= 0.6 is 0 Å². The molecule has 0 fully saturated rings. The van der Waals surface area contributed by atoms with Crippen molar-refractivity contribution >= 4 is 5.97 Å². The molecular weight excluding hydrogens is 198 g/mol. The van der Waals surface area contributed by atoms with Crippen LogP contribution in [0, 0.1) is 0 Å². The summed E-state index contributed by atoms with van der Waals surface area (Å²) in [6, 6.07) is 1.39. The number of nitrogens with zero attached hydrogens (tertiary/aromatic N) is 1. The molecule has 1 unspecified atom stereocenters. The summed E-state index contributed by atoms with van der Waals surface area (Å²) in [5.41, 5.74) is 0.173. The molecule has 5 nitrogen and oxygen atoms in total. The van der Waals surface area contributed by atoms with Crippen LogP contribution in [0.15, 0.2) is 16.7 Å². The first kappa shape index (κ1) is 11.7. The molecule has 0 saturated heterocycles. The molecule has 5 heteroatoms. The third-order valence-corrected chi connectivity index (χ3v) is 2.39. The van der Waals surface area contributed by atoms with Gasteiger partial charge in [0.1, 0.15) is 11.3 Å². The fourth-order valence-electron chi connectivity index (χ4n) is 1.18. The molecule has 0 spiro atoms. The van der Waals surface area contributed by atoms with Gasteiger partial charge >= 0.3 is 5.97 Å². The van der Waals surface area contributed by atoms with Crippen molar-refractivity contribution in [3.05, 3.63) is 23.7 Å². The average molecular weight is 213 g/mol. The van der Waals surface area contributed by atoms with E-state index in [4.69, 9.17) is 14.6 Å². The number of hydrogen-bond donors (Lipinski definition) is 2. The molecule has 0 amide bonds. The highest BCUT2D eigenvalue weighted by molar-refractivity contribution is 5.88. The van der Waals surface area contributed by atoms with E-state index in [9.17, 15) is 4.79 Å². The molecular formula is C10H15NO4. The van der Waals surface area contributed by atoms with Gasteiger partial charge in [-0.3, -0.25) is 4.90 Å². The number of carboxylic acids is 1. The number of aliphatic hydroxyl groups excluding tert-OH is 1. The van der Waals surface area contributed by atoms with Gasteiger partial charge in [0.05, 0.1) is 19.4 Å². The molecule has 1 aromatic rings. The Hall–Kier alpha value is -1.33. The van der Waals surface area contributed by atoms with Gasteiger partial charge in [0.2, 0.25) is 0 Å². The molecule has 0 aliphatic heterocycles. The minimum absolute atomic E-state index is 0.0274. The van der Waals surface area contributed by atoms with E-state index in [1.807, 2.05) is 11.8 Å². The molecule has 0 aliphatic rings. The lowest BCUT2D eigenvalue weighted by atomic mass is 10.2. The third-order valence-electron chi connectivity index (χ3n) is 2.39. The summed E-state index contributed by atoms with van der Waals surface area (Å²) < 4.78 is 5.09. The minimum Gasteiger partial charge on any atom is -0.478 e. The van der Waals surface area contributed by atoms with Gasteiger partial charge in [0.15, 0.2) is 0 Å². The van der Waals surface area contributed by atoms with E-state index in [0.29, 0.717) is 12.3 Å². The summed E-state index contributed by atoms with van der Waals surface area (Å²) in [7, 11) is 1.80. The third kappa shape index (κ3) is 2.81. The van der Waals surface area contributed by atoms with E-state index >= 15 is 0 Å². The lowest BCUT2D eigenvalue weighted by Gasteiger charge is -2.21. The van der Waals surface area contributed by atoms with Crippen molar-refractivity contribution in [2.45, 2.75) is 19.5 Å². The number of hydrogen-bond acceptors (Lipinski definition) is 4. The molecule has 1 aromatic heterocycles. The molecule has 2 N–H and O–H groups in total. The van der Waals surface area contributed by atoms with E-state index in [2.05, 4.69) is 0 Å². The Labute approximate surface area is 87.9 Å². The molecule has 0 bridgehead atoms. The first-order valence-corrected chi connectivity index (χ1v) is 4.67. The second-order valence-electron chi connectivity index (χ2n) is 3.51. The van der Waals surface area contributed by atoms with Crippen molar-refractivity contribution in [1.29, 1.82) is 0 Å². The first-order valence-electron chi connectivity index (χ1n) is 4.67. The largest absolute Gasteiger partial charge is 0.478 e. The van der Waals surface area contributed by atoms with Crippen LogP contribution in [0.1, 0.15) is 23.0 Å². The van der Waals surface area contributed by atoms with Gasteiger partial charge in [-0.1, -0.05) is 0 Å². The van der Waals surface area contributed by atoms with Crippen LogP contribution in [0.4, 0.5) is 0 Å². The molecule has 0 aliphatic carbocycles. The number of aliphatic hydroxyl groups is 1. The van der Waals surface area contributed by atoms with E-state index in [0.717, 1.165) is 0 Å². The van der Waals surface area contributed by atoms with Crippen molar-refractivity contribution in [2.75, 3.05) is 13.7 Å². The van der Waals surface area contributed by atoms with Crippen LogP contribution in [0.5, 0.6) is 0 Å². The smallest absolute Gasteiger partial charge is 0.339 e. The van der Waals surface area contributed by atoms with Gasteiger partial charge in [-0.05, 0) is 20.0 Å². The lowest BCUT2D eigenvalue weighted by Crippen LogP contribution is -2.31. The van der Waals surface area contributed by atoms with Crippen LogP contribution in [0.3, 0.4) is 0 Å². The molecule has 0 radical (unpaired) electrons. The molecule has 1 rings (SSSR count). The van der Waals surface area contributed by atoms with Gasteiger partial charge in [0, 0.05) is 6.04 Å². The molecule has 84 valence electrons. The number of carbonyl (C=O) groups is 1. The highest BCUT2D eigenvalue weighted by atomic mass is 16.4. The topological polar surface area (TPSA) is 73.9 Å². The minimum atomic E-state index is -0.996. The normalized spacial score (nSPS) is 13.1. The van der Waals surface area contributed by atoms with Gasteiger partial charge in [-0.25, -0.2) is 4.79 Å². The van der Waals surface area contributed by atoms with Crippen molar-refractivity contribution in [3.63, 3.8) is 0 Å². The Bertz CT molecular complexity index is 334. The van der Waals surface area contributed by atoms with Gasteiger partial charge in [-0.15, -0.1) is 0 Å². The summed E-state index contributed by atoms with van der Waals surface area (Å²) in [5, 5.41) is 17.8. The molecule has 0 aromatic carbocycles. The Morgan fingerprint density at radius 1 is 1.67 bits per heavy atom. The number of rotatable bonds is 5. The van der Waals surface area contributed by atoms with Crippen LogP contribution in [-0.4, -0.2) is 40.8 Å². The average Bonchev–Trinajstić information content (AvgIpc) is 2.64. The van der Waals surface area contributed by atoms with E-state index in [-0.39, 0.29) is 18.2 Å². The van der Waals surface area contributed by atoms with Crippen molar-refractivity contribution < 1.29 is 19.4 Å². The predicted molar refractivity (Wildman–Crippen MR) is 53.7 cm³/mol. The highest BCUT2D eigenvalue weighted by Crippen LogP contribution is 2.13. The summed E-state index contributed by atoms with van der Waals surface area (Å²) in [6.07, 6.45) is 1.36. The van der Waals surface area contributed by atoms with Crippen molar-refractivity contribution in [3.8, 4) is 0 Å². The Morgan fingerprint density at radius 3 is 2.87 bits per heavy atom. The Balaban J connectivity index is 2.72. The first-order chi connectivity index (χ1) is 7.06. The fraction of sp³-hybridized carbons (Fsp3) is 0.500. The van der Waals surface area contributed by atoms with Crippen LogP contribution in [0.25, 0.3) is 0 Å². The van der Waals surface area contributed by atoms with Crippen LogP contribution in [0.2, 0.25) is 0 Å². The second-order valence-corrected chi connectivity index (χ2v) is 3.51. The summed E-state index contributed by atoms with van der Waals surface area (Å²) in [5.74, 6) is -0.589. The summed E-state index contributed by atoms with van der Waals surface area (Å²) in [6.45, 7) is 2.25. The summed E-state index contributed by atoms with van der Waals surface area (Å²) in [4.78, 5) is 12.6. The Kier molecular flexibility index (Phi) is 3.88. The molecule has 0 saturated carbocycles. The van der Waals surface area contributed by atoms with Crippen LogP contribution in [-0.2, 0) is 6.54 Å². The number of furan rings is 1. The molecule has 1 heterocycles. The second kappa shape index (κ2) is 4.95. The lowest BCUT2D eigenvalue weighted by molar-refractivity contribution is 0.0691. The monoisotopic (exact) mass is 213 g/mol. The zero-order valence-electron chi connectivity index (χ0n) is 8.80. The quantitative estimate of drug-likeness (QED) is 0.756. The number of carboxylic acid groups (broad SMARTS) is 1. The van der Waals surface area contributed by atoms with Crippen molar-refractivity contribution in [1.82, 2.24) is 4.90 Å². The standard InChI is InChI=1S/C10H15NO4/c1-7(6-12)11(2)5-9-8(10(13)14)3-4-15-9/h3-4,7,12H,5-6H2,1-2H3,(H,13,14). The van der Waals surface area contributed by atoms with Gasteiger partial charge in [0.25, 0.3) is 0 Å². The highest BCUT2D eigenvalue weighted by Gasteiger charge is 2.17. The predicted octanol–water partition coefficient (Wildman–Crippen LogP) is 0.790. The number of aromatic carboxylic acids is 1. The molecule has 15 heavy (non-hydrogen) atoms. The zero-order valence-corrected chi connectivity index (χ0v) is 8.80. The maximum atomic E-state index is 10.8. The van der Waals surface area contributed by atoms with E-state index < -0.39 is 5.97 Å². The van der Waals surface area contributed by atoms with Crippen molar-refractivity contribution in [2.24, 2.45) is 0 Å². The maximum absolute atomic E-state index is 10.8. The van der Waals surface area contributed by atoms with E-state index in [1.165, 1.54) is 12.3 Å². The van der Waals surface area contributed by atoms with Crippen LogP contribution < -0.4 is 0 Å². The van der Waals surface area contributed by atoms with E-state index in [1.54, 1.807) is 7.05 Å². The van der Waals surface area contributed by atoms with Gasteiger partial charge in [-0.2, -0.15) is 0 Å². The SMILES string of the molecule is CC(CO)N(C)Cc1occc1C(=O)O.